The van der Waals surface area contributed by atoms with Crippen molar-refractivity contribution in [1.29, 1.82) is 0 Å². The second-order valence-corrected chi connectivity index (χ2v) is 9.34. The lowest BCUT2D eigenvalue weighted by molar-refractivity contribution is -0.120. The fourth-order valence-corrected chi connectivity index (χ4v) is 4.94. The van der Waals surface area contributed by atoms with Crippen molar-refractivity contribution >= 4 is 27.8 Å². The third-order valence-corrected chi connectivity index (χ3v) is 6.88. The summed E-state index contributed by atoms with van der Waals surface area (Å²) >= 11 is 0. The Labute approximate surface area is 189 Å². The Kier molecular flexibility index (Phi) is 8.64. The fraction of sp³-hybridized carbons (Fsp3) is 0.391. The molecule has 0 radical (unpaired) electrons. The minimum atomic E-state index is -3.58. The summed E-state index contributed by atoms with van der Waals surface area (Å²) in [5, 5.41) is 6.45. The first kappa shape index (κ1) is 23.7. The van der Waals surface area contributed by atoms with Crippen LogP contribution in [0, 0.1) is 0 Å². The Morgan fingerprint density at radius 3 is 2.50 bits per heavy atom. The number of hydrogen-bond acceptors (Lipinski definition) is 6. The summed E-state index contributed by atoms with van der Waals surface area (Å²) in [7, 11) is -3.58. The molecule has 0 spiro atoms. The summed E-state index contributed by atoms with van der Waals surface area (Å²) in [5.74, 6) is 0.336. The number of ether oxygens (including phenoxy) is 1. The molecule has 0 atom stereocenters. The Bertz CT molecular complexity index is 1010. The van der Waals surface area contributed by atoms with Gasteiger partial charge in [0, 0.05) is 18.8 Å². The third-order valence-electron chi connectivity index (χ3n) is 4.98. The summed E-state index contributed by atoms with van der Waals surface area (Å²) in [6.07, 6.45) is 5.32. The standard InChI is InChI=1S/C23H29N3O5S/c1-2-30-21-12-10-19(11-13-21)17-24-31-18-23(27)25-20-8-7-9-22(16-20)32(28,29)26-14-5-3-4-6-15-26/h7-13,16-17H,2-6,14-15,18H2,1H3,(H,25,27)/b24-17+. The summed E-state index contributed by atoms with van der Waals surface area (Å²) in [6.45, 7) is 3.27. The Morgan fingerprint density at radius 2 is 1.81 bits per heavy atom. The number of anilines is 1. The minimum Gasteiger partial charge on any atom is -0.494 e. The van der Waals surface area contributed by atoms with Gasteiger partial charge in [0.1, 0.15) is 5.75 Å². The van der Waals surface area contributed by atoms with Crippen LogP contribution in [0.25, 0.3) is 0 Å². The van der Waals surface area contributed by atoms with Crippen molar-refractivity contribution in [3.63, 3.8) is 0 Å². The van der Waals surface area contributed by atoms with E-state index < -0.39 is 15.9 Å². The summed E-state index contributed by atoms with van der Waals surface area (Å²) in [4.78, 5) is 17.4. The van der Waals surface area contributed by atoms with E-state index in [1.807, 2.05) is 31.2 Å². The molecule has 0 aliphatic carbocycles. The smallest absolute Gasteiger partial charge is 0.265 e. The molecule has 1 amide bonds. The predicted molar refractivity (Wildman–Crippen MR) is 123 cm³/mol. The van der Waals surface area contributed by atoms with E-state index in [-0.39, 0.29) is 11.5 Å². The number of sulfonamides is 1. The Morgan fingerprint density at radius 1 is 1.09 bits per heavy atom. The molecule has 1 N–H and O–H groups in total. The average molecular weight is 460 g/mol. The van der Waals surface area contributed by atoms with E-state index in [0.717, 1.165) is 37.0 Å². The van der Waals surface area contributed by atoms with E-state index in [1.165, 1.54) is 16.6 Å². The summed E-state index contributed by atoms with van der Waals surface area (Å²) in [6, 6.07) is 13.6. The molecule has 1 aliphatic heterocycles. The molecule has 2 aromatic carbocycles. The number of hydrogen-bond donors (Lipinski definition) is 1. The molecule has 0 unspecified atom stereocenters. The molecular formula is C23H29N3O5S. The monoisotopic (exact) mass is 459 g/mol. The Balaban J connectivity index is 1.53. The summed E-state index contributed by atoms with van der Waals surface area (Å²) < 4.78 is 32.8. The maximum Gasteiger partial charge on any atom is 0.265 e. The van der Waals surface area contributed by atoms with E-state index in [4.69, 9.17) is 9.57 Å². The van der Waals surface area contributed by atoms with E-state index in [9.17, 15) is 13.2 Å². The van der Waals surface area contributed by atoms with Crippen molar-refractivity contribution < 1.29 is 22.8 Å². The van der Waals surface area contributed by atoms with Crippen LogP contribution in [-0.4, -0.2) is 51.1 Å². The van der Waals surface area contributed by atoms with Crippen LogP contribution in [0.2, 0.25) is 0 Å². The van der Waals surface area contributed by atoms with Gasteiger partial charge in [0.25, 0.3) is 5.91 Å². The molecule has 0 saturated carbocycles. The Hall–Kier alpha value is -2.91. The summed E-state index contributed by atoms with van der Waals surface area (Å²) in [5.41, 5.74) is 1.20. The molecule has 8 nitrogen and oxygen atoms in total. The lowest BCUT2D eigenvalue weighted by Gasteiger charge is -2.20. The van der Waals surface area contributed by atoms with Crippen molar-refractivity contribution in [2.75, 3.05) is 31.6 Å². The van der Waals surface area contributed by atoms with E-state index in [1.54, 1.807) is 18.2 Å². The van der Waals surface area contributed by atoms with Gasteiger partial charge >= 0.3 is 0 Å². The molecule has 1 aliphatic rings. The zero-order valence-corrected chi connectivity index (χ0v) is 19.0. The highest BCUT2D eigenvalue weighted by atomic mass is 32.2. The number of nitrogens with one attached hydrogen (secondary N) is 1. The van der Waals surface area contributed by atoms with Gasteiger partial charge in [-0.15, -0.1) is 0 Å². The van der Waals surface area contributed by atoms with Crippen LogP contribution in [0.4, 0.5) is 5.69 Å². The van der Waals surface area contributed by atoms with Gasteiger partial charge in [0.05, 0.1) is 17.7 Å². The van der Waals surface area contributed by atoms with Crippen LogP contribution < -0.4 is 10.1 Å². The molecule has 32 heavy (non-hydrogen) atoms. The van der Waals surface area contributed by atoms with Crippen molar-refractivity contribution in [3.05, 3.63) is 54.1 Å². The SMILES string of the molecule is CCOc1ccc(/C=N/OCC(=O)Nc2cccc(S(=O)(=O)N3CCCCCC3)c2)cc1. The van der Waals surface area contributed by atoms with Crippen LogP contribution in [0.1, 0.15) is 38.2 Å². The molecule has 0 aromatic heterocycles. The van der Waals surface area contributed by atoms with Crippen LogP contribution >= 0.6 is 0 Å². The quantitative estimate of drug-likeness (QED) is 0.456. The van der Waals surface area contributed by atoms with Gasteiger partial charge in [0.15, 0.2) is 6.61 Å². The third kappa shape index (κ3) is 6.80. The molecule has 3 rings (SSSR count). The molecule has 9 heteroatoms. The number of carbonyl (C=O) groups excluding carboxylic acids is 1. The highest BCUT2D eigenvalue weighted by Gasteiger charge is 2.25. The zero-order valence-electron chi connectivity index (χ0n) is 18.2. The molecule has 2 aromatic rings. The van der Waals surface area contributed by atoms with Gasteiger partial charge in [-0.3, -0.25) is 4.79 Å². The average Bonchev–Trinajstić information content (AvgIpc) is 3.08. The molecular weight excluding hydrogens is 430 g/mol. The maximum atomic E-state index is 12.9. The molecule has 0 bridgehead atoms. The van der Waals surface area contributed by atoms with Gasteiger partial charge in [-0.2, -0.15) is 4.31 Å². The van der Waals surface area contributed by atoms with Crippen molar-refractivity contribution in [2.45, 2.75) is 37.5 Å². The maximum absolute atomic E-state index is 12.9. The van der Waals surface area contributed by atoms with Crippen LogP contribution in [-0.2, 0) is 19.7 Å². The van der Waals surface area contributed by atoms with Gasteiger partial charge in [-0.1, -0.05) is 24.1 Å². The second kappa shape index (κ2) is 11.6. The number of carbonyl (C=O) groups is 1. The molecule has 1 saturated heterocycles. The first-order valence-corrected chi connectivity index (χ1v) is 12.2. The van der Waals surface area contributed by atoms with Crippen LogP contribution in [0.5, 0.6) is 5.75 Å². The molecule has 1 heterocycles. The van der Waals surface area contributed by atoms with Gasteiger partial charge in [-0.05, 0) is 67.8 Å². The molecule has 172 valence electrons. The highest BCUT2D eigenvalue weighted by Crippen LogP contribution is 2.22. The fourth-order valence-electron chi connectivity index (χ4n) is 3.37. The number of benzene rings is 2. The number of oxime groups is 1. The first-order valence-electron chi connectivity index (χ1n) is 10.8. The largest absolute Gasteiger partial charge is 0.494 e. The van der Waals surface area contributed by atoms with Gasteiger partial charge < -0.3 is 14.9 Å². The van der Waals surface area contributed by atoms with Crippen LogP contribution in [0.15, 0.2) is 58.6 Å². The van der Waals surface area contributed by atoms with E-state index in [0.29, 0.717) is 25.4 Å². The number of nitrogens with zero attached hydrogens (tertiary/aromatic N) is 2. The van der Waals surface area contributed by atoms with E-state index in [2.05, 4.69) is 10.5 Å². The zero-order chi connectivity index (χ0) is 22.8. The van der Waals surface area contributed by atoms with Gasteiger partial charge in [-0.25, -0.2) is 8.42 Å². The minimum absolute atomic E-state index is 0.173. The van der Waals surface area contributed by atoms with Crippen LogP contribution in [0.3, 0.4) is 0 Å². The predicted octanol–water partition coefficient (Wildman–Crippen LogP) is 3.64. The lowest BCUT2D eigenvalue weighted by Crippen LogP contribution is -2.32. The van der Waals surface area contributed by atoms with Crippen molar-refractivity contribution in [3.8, 4) is 5.75 Å². The van der Waals surface area contributed by atoms with E-state index >= 15 is 0 Å². The first-order chi connectivity index (χ1) is 15.5. The number of rotatable bonds is 9. The van der Waals surface area contributed by atoms with Crippen molar-refractivity contribution in [2.24, 2.45) is 5.16 Å². The normalized spacial score (nSPS) is 15.3. The molecule has 1 fully saturated rings. The highest BCUT2D eigenvalue weighted by molar-refractivity contribution is 7.89. The van der Waals surface area contributed by atoms with Gasteiger partial charge in [0.2, 0.25) is 10.0 Å². The second-order valence-electron chi connectivity index (χ2n) is 7.40. The van der Waals surface area contributed by atoms with Crippen molar-refractivity contribution in [1.82, 2.24) is 4.31 Å². The lowest BCUT2D eigenvalue weighted by atomic mass is 10.2. The topological polar surface area (TPSA) is 97.3 Å². The number of amides is 1.